The lowest BCUT2D eigenvalue weighted by molar-refractivity contribution is -0.384. The van der Waals surface area contributed by atoms with Gasteiger partial charge in [0.25, 0.3) is 5.69 Å². The molecule has 1 heterocycles. The molecule has 0 saturated heterocycles. The third-order valence-electron chi connectivity index (χ3n) is 3.84. The Morgan fingerprint density at radius 3 is 2.50 bits per heavy atom. The molecule has 28 heavy (non-hydrogen) atoms. The molecule has 10 nitrogen and oxygen atoms in total. The maximum absolute atomic E-state index is 12.6. The Balaban J connectivity index is 2.11. The van der Waals surface area contributed by atoms with Gasteiger partial charge in [-0.25, -0.2) is 0 Å². The molecule has 0 aliphatic carbocycles. The van der Waals surface area contributed by atoms with Crippen molar-refractivity contribution in [3.05, 3.63) is 68.5 Å². The van der Waals surface area contributed by atoms with Crippen molar-refractivity contribution in [2.75, 3.05) is 0 Å². The molecule has 11 heteroatoms. The Hall–Kier alpha value is -3.86. The number of aromatic nitrogens is 2. The van der Waals surface area contributed by atoms with Crippen LogP contribution in [0.3, 0.4) is 0 Å². The van der Waals surface area contributed by atoms with E-state index in [1.54, 1.807) is 19.1 Å². The highest BCUT2D eigenvalue weighted by molar-refractivity contribution is 7.80. The Bertz CT molecular complexity index is 1160. The van der Waals surface area contributed by atoms with Crippen molar-refractivity contribution in [2.24, 2.45) is 16.0 Å². The first-order valence-corrected chi connectivity index (χ1v) is 8.29. The number of azo groups is 1. The van der Waals surface area contributed by atoms with E-state index in [0.717, 1.165) is 10.2 Å². The molecule has 0 atom stereocenters. The van der Waals surface area contributed by atoms with Crippen LogP contribution in [0.1, 0.15) is 5.56 Å². The monoisotopic (exact) mass is 398 g/mol. The number of aryl methyl sites for hydroxylation is 1. The smallest absolute Gasteiger partial charge is 0.301 e. The molecule has 0 amide bonds. The second-order valence-electron chi connectivity index (χ2n) is 5.81. The van der Waals surface area contributed by atoms with Gasteiger partial charge in [-0.15, -0.1) is 10.2 Å². The van der Waals surface area contributed by atoms with Gasteiger partial charge in [0, 0.05) is 17.7 Å². The predicted octanol–water partition coefficient (Wildman–Crippen LogP) is 3.27. The molecule has 0 aliphatic rings. The standard InChI is InChI=1S/C17H14N6O4S/c1-9-2-7-12(13(24)8-9)19-20-15-14(21-22(16(15)25)17(18)28)10-3-5-11(6-4-10)23(26)27/h2-8,21,24H,1H3,(H2,18,28). The fraction of sp³-hybridized carbons (Fsp3) is 0.0588. The minimum atomic E-state index is -0.642. The molecule has 3 aromatic rings. The van der Waals surface area contributed by atoms with Gasteiger partial charge in [0.15, 0.2) is 10.8 Å². The number of H-pyrrole nitrogens is 1. The van der Waals surface area contributed by atoms with Crippen LogP contribution in [0.15, 0.2) is 57.5 Å². The largest absolute Gasteiger partial charge is 0.506 e. The number of non-ortho nitro benzene ring substituents is 1. The number of nitrogens with one attached hydrogen (secondary N) is 1. The van der Waals surface area contributed by atoms with Crippen molar-refractivity contribution in [2.45, 2.75) is 6.92 Å². The Morgan fingerprint density at radius 2 is 1.93 bits per heavy atom. The van der Waals surface area contributed by atoms with Crippen LogP contribution in [0, 0.1) is 17.0 Å². The number of nitrogens with zero attached hydrogens (tertiary/aromatic N) is 4. The lowest BCUT2D eigenvalue weighted by atomic mass is 10.1. The van der Waals surface area contributed by atoms with Crippen molar-refractivity contribution in [3.8, 4) is 17.0 Å². The SMILES string of the molecule is Cc1ccc(N=Nc2c(-c3ccc([N+](=O)[O-])cc3)[nH]n(C(N)=S)c2=O)c(O)c1. The number of phenols is 1. The fourth-order valence-corrected chi connectivity index (χ4v) is 2.58. The second kappa shape index (κ2) is 7.40. The van der Waals surface area contributed by atoms with Crippen LogP contribution in [-0.2, 0) is 0 Å². The molecule has 0 aliphatic heterocycles. The number of benzene rings is 2. The van der Waals surface area contributed by atoms with Gasteiger partial charge in [-0.05, 0) is 49.0 Å². The average molecular weight is 398 g/mol. The van der Waals surface area contributed by atoms with Crippen LogP contribution in [0.5, 0.6) is 5.75 Å². The van der Waals surface area contributed by atoms with Crippen molar-refractivity contribution in [1.29, 1.82) is 0 Å². The summed E-state index contributed by atoms with van der Waals surface area (Å²) >= 11 is 4.85. The quantitative estimate of drug-likeness (QED) is 0.265. The maximum Gasteiger partial charge on any atom is 0.301 e. The van der Waals surface area contributed by atoms with Crippen molar-refractivity contribution >= 4 is 34.4 Å². The number of rotatable bonds is 4. The summed E-state index contributed by atoms with van der Waals surface area (Å²) in [5, 5.41) is 31.2. The van der Waals surface area contributed by atoms with Crippen molar-refractivity contribution in [1.82, 2.24) is 9.78 Å². The van der Waals surface area contributed by atoms with Gasteiger partial charge in [0.2, 0.25) is 0 Å². The van der Waals surface area contributed by atoms with Crippen LogP contribution in [0.4, 0.5) is 17.1 Å². The van der Waals surface area contributed by atoms with Gasteiger partial charge in [-0.2, -0.15) is 4.68 Å². The number of hydrogen-bond acceptors (Lipinski definition) is 7. The predicted molar refractivity (Wildman–Crippen MR) is 106 cm³/mol. The highest BCUT2D eigenvalue weighted by atomic mass is 32.1. The number of hydrogen-bond donors (Lipinski definition) is 3. The summed E-state index contributed by atoms with van der Waals surface area (Å²) in [6.45, 7) is 1.81. The normalized spacial score (nSPS) is 11.0. The zero-order valence-corrected chi connectivity index (χ0v) is 15.3. The summed E-state index contributed by atoms with van der Waals surface area (Å²) in [6.07, 6.45) is 0. The molecule has 3 rings (SSSR count). The van der Waals surface area contributed by atoms with Crippen LogP contribution in [-0.4, -0.2) is 24.9 Å². The van der Waals surface area contributed by atoms with Crippen LogP contribution in [0.25, 0.3) is 11.3 Å². The Labute approximate surface area is 163 Å². The summed E-state index contributed by atoms with van der Waals surface area (Å²) in [6, 6.07) is 10.3. The average Bonchev–Trinajstić information content (AvgIpc) is 2.98. The number of aromatic hydroxyl groups is 1. The molecule has 0 saturated carbocycles. The summed E-state index contributed by atoms with van der Waals surface area (Å²) in [7, 11) is 0. The molecule has 142 valence electrons. The zero-order valence-electron chi connectivity index (χ0n) is 14.5. The highest BCUT2D eigenvalue weighted by Crippen LogP contribution is 2.31. The van der Waals surface area contributed by atoms with Gasteiger partial charge in [-0.1, -0.05) is 6.07 Å². The maximum atomic E-state index is 12.6. The number of thiocarbonyl (C=S) groups is 1. The first-order chi connectivity index (χ1) is 13.3. The number of nitrogens with two attached hydrogens (primary N) is 1. The first-order valence-electron chi connectivity index (χ1n) is 7.89. The van der Waals surface area contributed by atoms with E-state index in [1.807, 2.05) is 0 Å². The molecule has 0 bridgehead atoms. The van der Waals surface area contributed by atoms with Crippen molar-refractivity contribution < 1.29 is 10.0 Å². The molecule has 1 aromatic heterocycles. The van der Waals surface area contributed by atoms with Gasteiger partial charge in [0.1, 0.15) is 11.4 Å². The molecule has 0 radical (unpaired) electrons. The van der Waals surface area contributed by atoms with Gasteiger partial charge in [-0.3, -0.25) is 20.0 Å². The van der Waals surface area contributed by atoms with E-state index in [-0.39, 0.29) is 33.6 Å². The van der Waals surface area contributed by atoms with E-state index < -0.39 is 10.5 Å². The van der Waals surface area contributed by atoms with E-state index >= 15 is 0 Å². The minimum Gasteiger partial charge on any atom is -0.506 e. The van der Waals surface area contributed by atoms with Crippen LogP contribution < -0.4 is 11.3 Å². The van der Waals surface area contributed by atoms with Gasteiger partial charge < -0.3 is 10.8 Å². The van der Waals surface area contributed by atoms with E-state index in [9.17, 15) is 20.0 Å². The highest BCUT2D eigenvalue weighted by Gasteiger charge is 2.18. The van der Waals surface area contributed by atoms with Gasteiger partial charge >= 0.3 is 5.56 Å². The van der Waals surface area contributed by atoms with Crippen LogP contribution in [0.2, 0.25) is 0 Å². The summed E-state index contributed by atoms with van der Waals surface area (Å²) in [4.78, 5) is 22.9. The first kappa shape index (κ1) is 18.9. The lowest BCUT2D eigenvalue weighted by Crippen LogP contribution is -2.29. The molecule has 0 spiro atoms. The van der Waals surface area contributed by atoms with Gasteiger partial charge in [0.05, 0.1) is 10.6 Å². The lowest BCUT2D eigenvalue weighted by Gasteiger charge is -2.00. The van der Waals surface area contributed by atoms with E-state index in [1.165, 1.54) is 30.3 Å². The number of phenolic OH excluding ortho intramolecular Hbond substituents is 1. The topological polar surface area (TPSA) is 152 Å². The Kier molecular flexibility index (Phi) is 5.00. The Morgan fingerprint density at radius 1 is 1.25 bits per heavy atom. The van der Waals surface area contributed by atoms with E-state index in [4.69, 9.17) is 18.0 Å². The van der Waals surface area contributed by atoms with Crippen molar-refractivity contribution in [3.63, 3.8) is 0 Å². The minimum absolute atomic E-state index is 0.0918. The number of nitro groups is 1. The second-order valence-corrected chi connectivity index (χ2v) is 6.23. The molecule has 0 fully saturated rings. The van der Waals surface area contributed by atoms with Crippen LogP contribution >= 0.6 is 12.2 Å². The molecular formula is C17H14N6O4S. The molecule has 4 N–H and O–H groups in total. The molecule has 2 aromatic carbocycles. The fourth-order valence-electron chi connectivity index (χ4n) is 2.45. The summed E-state index contributed by atoms with van der Waals surface area (Å²) in [5.74, 6) is -0.0918. The number of nitro benzene ring substituents is 1. The third kappa shape index (κ3) is 3.64. The molecule has 0 unspecified atom stereocenters. The summed E-state index contributed by atoms with van der Waals surface area (Å²) < 4.78 is 0.912. The van der Waals surface area contributed by atoms with E-state index in [0.29, 0.717) is 5.56 Å². The summed E-state index contributed by atoms with van der Waals surface area (Å²) in [5.41, 5.74) is 6.36. The number of aromatic amines is 1. The third-order valence-corrected chi connectivity index (χ3v) is 4.02. The molecular weight excluding hydrogens is 384 g/mol. The van der Waals surface area contributed by atoms with E-state index in [2.05, 4.69) is 15.3 Å². The zero-order chi connectivity index (χ0) is 20.4.